The molecule has 102 valence electrons. The maximum absolute atomic E-state index is 13.8. The van der Waals surface area contributed by atoms with Gasteiger partial charge in [0.1, 0.15) is 29.1 Å². The van der Waals surface area contributed by atoms with E-state index in [-0.39, 0.29) is 27.8 Å². The van der Waals surface area contributed by atoms with Crippen LogP contribution in [0.3, 0.4) is 0 Å². The molecule has 2 nitrogen and oxygen atoms in total. The number of rotatable bonds is 3. The summed E-state index contributed by atoms with van der Waals surface area (Å²) in [6, 6.07) is 8.11. The number of nitrogens with zero attached hydrogens (tertiary/aromatic N) is 1. The molecular formula is C14H8BrF3N2. The first-order valence-corrected chi connectivity index (χ1v) is 6.38. The van der Waals surface area contributed by atoms with Crippen LogP contribution in [0.5, 0.6) is 0 Å². The second kappa shape index (κ2) is 5.97. The van der Waals surface area contributed by atoms with Crippen LogP contribution in [0.15, 0.2) is 34.8 Å². The van der Waals surface area contributed by atoms with Crippen molar-refractivity contribution in [3.63, 3.8) is 0 Å². The first kappa shape index (κ1) is 14.4. The van der Waals surface area contributed by atoms with Gasteiger partial charge in [0.05, 0.1) is 10.2 Å². The predicted octanol–water partition coefficient (Wildman–Crippen LogP) is 4.35. The fourth-order valence-corrected chi connectivity index (χ4v) is 2.07. The molecule has 2 rings (SSSR count). The van der Waals surface area contributed by atoms with Gasteiger partial charge in [-0.3, -0.25) is 0 Å². The lowest BCUT2D eigenvalue weighted by Gasteiger charge is -2.11. The molecule has 1 N–H and O–H groups in total. The Bertz CT molecular complexity index is 696. The van der Waals surface area contributed by atoms with Crippen LogP contribution >= 0.6 is 15.9 Å². The van der Waals surface area contributed by atoms with Crippen molar-refractivity contribution in [2.45, 2.75) is 6.54 Å². The quantitative estimate of drug-likeness (QED) is 0.843. The van der Waals surface area contributed by atoms with Crippen LogP contribution in [0.25, 0.3) is 0 Å². The maximum atomic E-state index is 13.8. The largest absolute Gasteiger partial charge is 0.380 e. The Labute approximate surface area is 122 Å². The van der Waals surface area contributed by atoms with Gasteiger partial charge in [-0.1, -0.05) is 6.07 Å². The molecule has 2 aromatic carbocycles. The third-order valence-corrected chi connectivity index (χ3v) is 3.33. The van der Waals surface area contributed by atoms with E-state index in [2.05, 4.69) is 21.2 Å². The summed E-state index contributed by atoms with van der Waals surface area (Å²) < 4.78 is 40.8. The number of anilines is 1. The van der Waals surface area contributed by atoms with Crippen molar-refractivity contribution in [1.82, 2.24) is 0 Å². The smallest absolute Gasteiger partial charge is 0.145 e. The summed E-state index contributed by atoms with van der Waals surface area (Å²) in [7, 11) is 0. The summed E-state index contributed by atoms with van der Waals surface area (Å²) in [6.45, 7) is -0.199. The summed E-state index contributed by atoms with van der Waals surface area (Å²) in [5, 5.41) is 11.5. The number of nitriles is 1. The Morgan fingerprint density at radius 1 is 1.10 bits per heavy atom. The molecule has 0 saturated carbocycles. The molecule has 0 aliphatic carbocycles. The SMILES string of the molecule is N#Cc1c(F)cccc1NCc1c(F)ccc(Br)c1F. The van der Waals surface area contributed by atoms with Crippen molar-refractivity contribution in [1.29, 1.82) is 5.26 Å². The monoisotopic (exact) mass is 340 g/mol. The van der Waals surface area contributed by atoms with E-state index in [1.165, 1.54) is 18.2 Å². The van der Waals surface area contributed by atoms with Crippen LogP contribution in [-0.2, 0) is 6.54 Å². The molecule has 0 fully saturated rings. The topological polar surface area (TPSA) is 35.8 Å². The molecule has 20 heavy (non-hydrogen) atoms. The van der Waals surface area contributed by atoms with E-state index in [1.807, 2.05) is 0 Å². The summed E-state index contributed by atoms with van der Waals surface area (Å²) >= 11 is 2.96. The van der Waals surface area contributed by atoms with E-state index in [1.54, 1.807) is 6.07 Å². The van der Waals surface area contributed by atoms with Gasteiger partial charge < -0.3 is 5.32 Å². The van der Waals surface area contributed by atoms with Crippen molar-refractivity contribution < 1.29 is 13.2 Å². The van der Waals surface area contributed by atoms with Crippen molar-refractivity contribution in [2.75, 3.05) is 5.32 Å². The summed E-state index contributed by atoms with van der Waals surface area (Å²) in [5.41, 5.74) is -0.192. The fraction of sp³-hybridized carbons (Fsp3) is 0.0714. The first-order valence-electron chi connectivity index (χ1n) is 5.59. The molecule has 0 aliphatic heterocycles. The summed E-state index contributed by atoms with van der Waals surface area (Å²) in [5.74, 6) is -2.13. The van der Waals surface area contributed by atoms with Gasteiger partial charge in [0.25, 0.3) is 0 Å². The average Bonchev–Trinajstić information content (AvgIpc) is 2.43. The van der Waals surface area contributed by atoms with E-state index < -0.39 is 17.5 Å². The molecule has 0 saturated heterocycles. The number of hydrogen-bond acceptors (Lipinski definition) is 2. The Kier molecular flexibility index (Phi) is 4.30. The molecule has 2 aromatic rings. The standard InChI is InChI=1S/C14H8BrF3N2/c15-10-4-5-12(17)9(14(10)18)7-20-13-3-1-2-11(16)8(13)6-19/h1-5,20H,7H2. The number of hydrogen-bond donors (Lipinski definition) is 1. The van der Waals surface area contributed by atoms with E-state index in [4.69, 9.17) is 5.26 Å². The highest BCUT2D eigenvalue weighted by Gasteiger charge is 2.13. The molecule has 0 spiro atoms. The van der Waals surface area contributed by atoms with Gasteiger partial charge in [0.15, 0.2) is 0 Å². The van der Waals surface area contributed by atoms with E-state index in [0.717, 1.165) is 12.1 Å². The Hall–Kier alpha value is -2.00. The normalized spacial score (nSPS) is 10.2. The Morgan fingerprint density at radius 3 is 2.55 bits per heavy atom. The molecule has 0 aliphatic rings. The van der Waals surface area contributed by atoms with Gasteiger partial charge in [-0.05, 0) is 40.2 Å². The zero-order valence-electron chi connectivity index (χ0n) is 10.1. The number of halogens is 4. The number of nitrogens with one attached hydrogen (secondary N) is 1. The lowest BCUT2D eigenvalue weighted by atomic mass is 10.1. The van der Waals surface area contributed by atoms with Crippen molar-refractivity contribution in [3.05, 3.63) is 63.4 Å². The molecule has 0 radical (unpaired) electrons. The van der Waals surface area contributed by atoms with Crippen molar-refractivity contribution in [2.24, 2.45) is 0 Å². The van der Waals surface area contributed by atoms with Gasteiger partial charge in [0.2, 0.25) is 0 Å². The molecule has 0 amide bonds. The summed E-state index contributed by atoms with van der Waals surface area (Å²) in [6.07, 6.45) is 0. The Balaban J connectivity index is 2.29. The van der Waals surface area contributed by atoms with Crippen LogP contribution in [0, 0.1) is 28.8 Å². The minimum atomic E-state index is -0.729. The lowest BCUT2D eigenvalue weighted by molar-refractivity contribution is 0.555. The van der Waals surface area contributed by atoms with Gasteiger partial charge in [-0.15, -0.1) is 0 Å². The molecule has 0 bridgehead atoms. The lowest BCUT2D eigenvalue weighted by Crippen LogP contribution is -2.07. The molecule has 0 unspecified atom stereocenters. The van der Waals surface area contributed by atoms with Gasteiger partial charge in [-0.25, -0.2) is 13.2 Å². The second-order valence-electron chi connectivity index (χ2n) is 3.95. The Morgan fingerprint density at radius 2 is 1.85 bits per heavy atom. The molecule has 0 atom stereocenters. The highest BCUT2D eigenvalue weighted by Crippen LogP contribution is 2.24. The predicted molar refractivity (Wildman–Crippen MR) is 72.5 cm³/mol. The van der Waals surface area contributed by atoms with Gasteiger partial charge in [0, 0.05) is 12.1 Å². The molecule has 0 heterocycles. The highest BCUT2D eigenvalue weighted by atomic mass is 79.9. The van der Waals surface area contributed by atoms with E-state index in [9.17, 15) is 13.2 Å². The van der Waals surface area contributed by atoms with Gasteiger partial charge >= 0.3 is 0 Å². The first-order chi connectivity index (χ1) is 9.54. The average molecular weight is 341 g/mol. The third kappa shape index (κ3) is 2.78. The molecule has 0 aromatic heterocycles. The second-order valence-corrected chi connectivity index (χ2v) is 4.80. The van der Waals surface area contributed by atoms with Crippen LogP contribution in [0.2, 0.25) is 0 Å². The molecular weight excluding hydrogens is 333 g/mol. The zero-order chi connectivity index (χ0) is 14.7. The number of benzene rings is 2. The minimum Gasteiger partial charge on any atom is -0.380 e. The summed E-state index contributed by atoms with van der Waals surface area (Å²) in [4.78, 5) is 0. The van der Waals surface area contributed by atoms with Crippen LogP contribution in [0.4, 0.5) is 18.9 Å². The van der Waals surface area contributed by atoms with Crippen molar-refractivity contribution in [3.8, 4) is 6.07 Å². The van der Waals surface area contributed by atoms with E-state index >= 15 is 0 Å². The van der Waals surface area contributed by atoms with Gasteiger partial charge in [-0.2, -0.15) is 5.26 Å². The van der Waals surface area contributed by atoms with Crippen LogP contribution < -0.4 is 5.32 Å². The third-order valence-electron chi connectivity index (χ3n) is 2.72. The van der Waals surface area contributed by atoms with Crippen LogP contribution in [0.1, 0.15) is 11.1 Å². The zero-order valence-corrected chi connectivity index (χ0v) is 11.6. The van der Waals surface area contributed by atoms with Crippen LogP contribution in [-0.4, -0.2) is 0 Å². The minimum absolute atomic E-state index is 0.135. The maximum Gasteiger partial charge on any atom is 0.145 e. The highest BCUT2D eigenvalue weighted by molar-refractivity contribution is 9.10. The fourth-order valence-electron chi connectivity index (χ4n) is 1.70. The molecule has 6 heteroatoms. The van der Waals surface area contributed by atoms with E-state index in [0.29, 0.717) is 0 Å². The van der Waals surface area contributed by atoms with Crippen molar-refractivity contribution >= 4 is 21.6 Å².